The molecule has 1 heterocycles. The molecule has 1 amide bonds. The normalized spacial score (nSPS) is 22.9. The van der Waals surface area contributed by atoms with Crippen LogP contribution in [0.2, 0.25) is 0 Å². The first-order valence-electron chi connectivity index (χ1n) is 3.08. The molecule has 1 N–H and O–H groups in total. The average molecular weight is 143 g/mol. The number of amides is 1. The summed E-state index contributed by atoms with van der Waals surface area (Å²) >= 11 is 0. The van der Waals surface area contributed by atoms with Crippen LogP contribution in [0.4, 0.5) is 0 Å². The van der Waals surface area contributed by atoms with E-state index in [4.69, 9.17) is 0 Å². The lowest BCUT2D eigenvalue weighted by Gasteiger charge is -2.25. The average Bonchev–Trinajstić information content (AvgIpc) is 1.84. The largest absolute Gasteiger partial charge is 0.469 e. The zero-order valence-electron chi connectivity index (χ0n) is 5.72. The number of β-lactam (4-membered cyclic amide) rings is 1. The second kappa shape index (κ2) is 2.68. The molecule has 0 radical (unpaired) electrons. The molecule has 0 aliphatic carbocycles. The van der Waals surface area contributed by atoms with Gasteiger partial charge in [-0.15, -0.1) is 0 Å². The fourth-order valence-corrected chi connectivity index (χ4v) is 0.838. The third-order valence-corrected chi connectivity index (χ3v) is 1.44. The van der Waals surface area contributed by atoms with Crippen LogP contribution in [0.5, 0.6) is 0 Å². The molecule has 10 heavy (non-hydrogen) atoms. The molecule has 1 aliphatic heterocycles. The van der Waals surface area contributed by atoms with Crippen LogP contribution in [0.1, 0.15) is 12.8 Å². The van der Waals surface area contributed by atoms with Gasteiger partial charge in [-0.1, -0.05) is 0 Å². The van der Waals surface area contributed by atoms with Crippen molar-refractivity contribution in [2.75, 3.05) is 7.11 Å². The first kappa shape index (κ1) is 7.05. The van der Waals surface area contributed by atoms with Crippen LogP contribution in [0, 0.1) is 0 Å². The first-order chi connectivity index (χ1) is 4.72. The van der Waals surface area contributed by atoms with Crippen LogP contribution in [0.25, 0.3) is 0 Å². The number of esters is 1. The first-order valence-corrected chi connectivity index (χ1v) is 3.08. The summed E-state index contributed by atoms with van der Waals surface area (Å²) in [5, 5.41) is 2.57. The van der Waals surface area contributed by atoms with Gasteiger partial charge in [0.15, 0.2) is 0 Å². The van der Waals surface area contributed by atoms with E-state index in [9.17, 15) is 9.59 Å². The SMILES string of the molecule is COC(=O)C[C@H]1CC(=O)N1. The molecule has 1 aliphatic rings. The zero-order valence-corrected chi connectivity index (χ0v) is 5.72. The van der Waals surface area contributed by atoms with Crippen molar-refractivity contribution >= 4 is 11.9 Å². The fraction of sp³-hybridized carbons (Fsp3) is 0.667. The third kappa shape index (κ3) is 1.46. The second-order valence-corrected chi connectivity index (χ2v) is 2.25. The lowest BCUT2D eigenvalue weighted by Crippen LogP contribution is -2.49. The Morgan fingerprint density at radius 2 is 2.50 bits per heavy atom. The molecule has 4 nitrogen and oxygen atoms in total. The molecule has 1 atom stereocenters. The smallest absolute Gasteiger partial charge is 0.307 e. The number of hydrogen-bond donors (Lipinski definition) is 1. The fourth-order valence-electron chi connectivity index (χ4n) is 0.838. The van der Waals surface area contributed by atoms with Gasteiger partial charge in [0.2, 0.25) is 5.91 Å². The Bertz CT molecular complexity index is 158. The highest BCUT2D eigenvalue weighted by Crippen LogP contribution is 2.08. The van der Waals surface area contributed by atoms with Crippen molar-refractivity contribution in [3.8, 4) is 0 Å². The summed E-state index contributed by atoms with van der Waals surface area (Å²) in [6.07, 6.45) is 0.747. The Balaban J connectivity index is 2.16. The van der Waals surface area contributed by atoms with Crippen molar-refractivity contribution in [2.24, 2.45) is 0 Å². The number of nitrogens with one attached hydrogen (secondary N) is 1. The minimum Gasteiger partial charge on any atom is -0.469 e. The lowest BCUT2D eigenvalue weighted by molar-refractivity contribution is -0.142. The predicted octanol–water partition coefficient (Wildman–Crippen LogP) is -0.562. The zero-order chi connectivity index (χ0) is 7.56. The van der Waals surface area contributed by atoms with Gasteiger partial charge in [-0.2, -0.15) is 0 Å². The maximum Gasteiger partial charge on any atom is 0.307 e. The van der Waals surface area contributed by atoms with Gasteiger partial charge in [-0.25, -0.2) is 0 Å². The van der Waals surface area contributed by atoms with E-state index in [1.54, 1.807) is 0 Å². The summed E-state index contributed by atoms with van der Waals surface area (Å²) in [7, 11) is 1.34. The van der Waals surface area contributed by atoms with Gasteiger partial charge in [0, 0.05) is 12.5 Å². The Kier molecular flexibility index (Phi) is 1.89. The Morgan fingerprint density at radius 3 is 2.90 bits per heavy atom. The summed E-state index contributed by atoms with van der Waals surface area (Å²) in [6, 6.07) is 0.0138. The maximum absolute atomic E-state index is 10.5. The molecule has 0 aromatic rings. The standard InChI is InChI=1S/C6H9NO3/c1-10-6(9)3-4-2-5(8)7-4/h4H,2-3H2,1H3,(H,7,8)/t4-/m1/s1. The summed E-state index contributed by atoms with van der Waals surface area (Å²) in [5.41, 5.74) is 0. The van der Waals surface area contributed by atoms with Crippen LogP contribution in [-0.2, 0) is 14.3 Å². The van der Waals surface area contributed by atoms with Crippen molar-refractivity contribution in [3.63, 3.8) is 0 Å². The Labute approximate surface area is 58.5 Å². The third-order valence-electron chi connectivity index (χ3n) is 1.44. The quantitative estimate of drug-likeness (QED) is 0.416. The highest BCUT2D eigenvalue weighted by molar-refractivity contribution is 5.85. The monoisotopic (exact) mass is 143 g/mol. The summed E-state index contributed by atoms with van der Waals surface area (Å²) in [4.78, 5) is 20.9. The second-order valence-electron chi connectivity index (χ2n) is 2.25. The summed E-state index contributed by atoms with van der Waals surface area (Å²) in [6.45, 7) is 0. The molecule has 56 valence electrons. The van der Waals surface area contributed by atoms with Crippen LogP contribution >= 0.6 is 0 Å². The molecule has 1 fully saturated rings. The Hall–Kier alpha value is -1.06. The highest BCUT2D eigenvalue weighted by atomic mass is 16.5. The van der Waals surface area contributed by atoms with Crippen LogP contribution in [-0.4, -0.2) is 25.0 Å². The van der Waals surface area contributed by atoms with Crippen molar-refractivity contribution in [2.45, 2.75) is 18.9 Å². The molecule has 1 saturated heterocycles. The minimum absolute atomic E-state index is 0.00824. The van der Waals surface area contributed by atoms with E-state index >= 15 is 0 Å². The van der Waals surface area contributed by atoms with Gasteiger partial charge < -0.3 is 10.1 Å². The van der Waals surface area contributed by atoms with E-state index in [0.717, 1.165) is 0 Å². The molecule has 1 rings (SSSR count). The molecule has 4 heteroatoms. The van der Waals surface area contributed by atoms with Gasteiger partial charge in [-0.3, -0.25) is 9.59 Å². The van der Waals surface area contributed by atoms with Crippen LogP contribution in [0.15, 0.2) is 0 Å². The van der Waals surface area contributed by atoms with Crippen molar-refractivity contribution in [3.05, 3.63) is 0 Å². The van der Waals surface area contributed by atoms with E-state index in [-0.39, 0.29) is 17.9 Å². The predicted molar refractivity (Wildman–Crippen MR) is 33.2 cm³/mol. The Morgan fingerprint density at radius 1 is 1.90 bits per heavy atom. The van der Waals surface area contributed by atoms with Crippen LogP contribution < -0.4 is 5.32 Å². The molecule has 0 spiro atoms. The molecule has 0 saturated carbocycles. The number of methoxy groups -OCH3 is 1. The maximum atomic E-state index is 10.5. The van der Waals surface area contributed by atoms with Gasteiger partial charge in [0.25, 0.3) is 0 Å². The highest BCUT2D eigenvalue weighted by Gasteiger charge is 2.27. The minimum atomic E-state index is -0.273. The summed E-state index contributed by atoms with van der Waals surface area (Å²) < 4.78 is 4.40. The van der Waals surface area contributed by atoms with E-state index in [2.05, 4.69) is 10.1 Å². The molecule has 0 bridgehead atoms. The van der Waals surface area contributed by atoms with Crippen molar-refractivity contribution < 1.29 is 14.3 Å². The molecule has 0 aromatic heterocycles. The number of rotatable bonds is 2. The number of hydrogen-bond acceptors (Lipinski definition) is 3. The van der Waals surface area contributed by atoms with E-state index < -0.39 is 0 Å². The van der Waals surface area contributed by atoms with E-state index in [1.165, 1.54) is 7.11 Å². The van der Waals surface area contributed by atoms with Gasteiger partial charge >= 0.3 is 5.97 Å². The van der Waals surface area contributed by atoms with Gasteiger partial charge in [0.1, 0.15) is 0 Å². The summed E-state index contributed by atoms with van der Waals surface area (Å²) in [5.74, 6) is -0.265. The molecular weight excluding hydrogens is 134 g/mol. The van der Waals surface area contributed by atoms with Gasteiger partial charge in [0.05, 0.1) is 13.5 Å². The number of carbonyl (C=O) groups is 2. The molecule has 0 aromatic carbocycles. The molecular formula is C6H9NO3. The van der Waals surface area contributed by atoms with Gasteiger partial charge in [-0.05, 0) is 0 Å². The van der Waals surface area contributed by atoms with E-state index in [1.807, 2.05) is 0 Å². The van der Waals surface area contributed by atoms with Crippen molar-refractivity contribution in [1.82, 2.24) is 5.32 Å². The topological polar surface area (TPSA) is 55.4 Å². The van der Waals surface area contributed by atoms with E-state index in [0.29, 0.717) is 12.8 Å². The van der Waals surface area contributed by atoms with Crippen molar-refractivity contribution in [1.29, 1.82) is 0 Å². The molecule has 0 unspecified atom stereocenters. The number of carbonyl (C=O) groups excluding carboxylic acids is 2. The van der Waals surface area contributed by atoms with Crippen LogP contribution in [0.3, 0.4) is 0 Å². The lowest BCUT2D eigenvalue weighted by atomic mass is 10.0. The number of ether oxygens (including phenoxy) is 1.